The first-order valence-corrected chi connectivity index (χ1v) is 11.9. The van der Waals surface area contributed by atoms with Gasteiger partial charge in [0.25, 0.3) is 5.91 Å². The molecule has 0 bridgehead atoms. The summed E-state index contributed by atoms with van der Waals surface area (Å²) in [6.07, 6.45) is 1.32. The van der Waals surface area contributed by atoms with E-state index in [1.165, 1.54) is 12.1 Å². The number of carbonyl (C=O) groups excluding carboxylic acids is 1. The van der Waals surface area contributed by atoms with Crippen LogP contribution in [0.1, 0.15) is 54.3 Å². The van der Waals surface area contributed by atoms with Gasteiger partial charge < -0.3 is 10.4 Å². The molecule has 2 atom stereocenters. The van der Waals surface area contributed by atoms with Gasteiger partial charge in [0.2, 0.25) is 0 Å². The Morgan fingerprint density at radius 3 is 2.36 bits per heavy atom. The molecule has 0 aliphatic carbocycles. The van der Waals surface area contributed by atoms with Crippen LogP contribution in [0.5, 0.6) is 0 Å². The molecule has 4 rings (SSSR count). The van der Waals surface area contributed by atoms with Crippen LogP contribution in [0.3, 0.4) is 0 Å². The minimum Gasteiger partial charge on any atom is -0.481 e. The fourth-order valence-corrected chi connectivity index (χ4v) is 4.13. The molecule has 0 aliphatic rings. The number of benzene rings is 3. The summed E-state index contributed by atoms with van der Waals surface area (Å²) >= 11 is 0. The minimum absolute atomic E-state index is 0.00585. The number of amides is 1. The summed E-state index contributed by atoms with van der Waals surface area (Å²) in [5.41, 5.74) is 4.97. The zero-order valence-electron chi connectivity index (χ0n) is 20.2. The molecular weight excluding hydrogens is 457 g/mol. The Hall–Kier alpha value is -4.13. The Bertz CT molecular complexity index is 1370. The van der Waals surface area contributed by atoms with Gasteiger partial charge in [-0.15, -0.1) is 0 Å². The summed E-state index contributed by atoms with van der Waals surface area (Å²) in [6, 6.07) is 20.7. The largest absolute Gasteiger partial charge is 0.481 e. The summed E-state index contributed by atoms with van der Waals surface area (Å²) in [7, 11) is 0. The van der Waals surface area contributed by atoms with Gasteiger partial charge in [-0.1, -0.05) is 49.4 Å². The number of aliphatic carboxylic acids is 1. The van der Waals surface area contributed by atoms with E-state index >= 15 is 0 Å². The van der Waals surface area contributed by atoms with Gasteiger partial charge in [0.1, 0.15) is 5.82 Å². The molecule has 6 nitrogen and oxygen atoms in total. The van der Waals surface area contributed by atoms with Crippen LogP contribution >= 0.6 is 0 Å². The molecule has 0 spiro atoms. The van der Waals surface area contributed by atoms with Crippen molar-refractivity contribution >= 4 is 22.9 Å². The second-order valence-corrected chi connectivity index (χ2v) is 9.08. The molecule has 1 aromatic heterocycles. The third-order valence-corrected chi connectivity index (χ3v) is 6.16. The van der Waals surface area contributed by atoms with E-state index in [1.54, 1.807) is 30.3 Å². The maximum Gasteiger partial charge on any atom is 0.303 e. The number of nitrogens with zero attached hydrogens (tertiary/aromatic N) is 2. The van der Waals surface area contributed by atoms with Crippen molar-refractivity contribution in [1.29, 1.82) is 0 Å². The summed E-state index contributed by atoms with van der Waals surface area (Å²) in [4.78, 5) is 33.7. The van der Waals surface area contributed by atoms with Crippen LogP contribution in [-0.2, 0) is 11.2 Å². The number of carboxylic acids is 1. The minimum atomic E-state index is -0.819. The number of hydrogen-bond donors (Lipinski definition) is 2. The predicted molar refractivity (Wildman–Crippen MR) is 137 cm³/mol. The van der Waals surface area contributed by atoms with E-state index < -0.39 is 5.97 Å². The van der Waals surface area contributed by atoms with Crippen LogP contribution in [0.25, 0.3) is 22.3 Å². The molecule has 4 aromatic rings. The number of halogens is 1. The molecular formula is C29H28FN3O3. The van der Waals surface area contributed by atoms with Gasteiger partial charge in [-0.25, -0.2) is 14.4 Å². The van der Waals surface area contributed by atoms with E-state index in [9.17, 15) is 14.0 Å². The highest BCUT2D eigenvalue weighted by atomic mass is 19.1. The maximum atomic E-state index is 13.2. The number of aromatic nitrogens is 2. The lowest BCUT2D eigenvalue weighted by Gasteiger charge is -2.15. The Labute approximate surface area is 209 Å². The Balaban J connectivity index is 1.62. The highest BCUT2D eigenvalue weighted by Gasteiger charge is 2.17. The number of nitrogens with one attached hydrogen (secondary N) is 1. The fraction of sp³-hybridized carbons (Fsp3) is 0.241. The average Bonchev–Trinajstić information content (AvgIpc) is 2.87. The normalized spacial score (nSPS) is 12.8. The van der Waals surface area contributed by atoms with Crippen molar-refractivity contribution in [3.63, 3.8) is 0 Å². The molecule has 0 saturated carbocycles. The molecule has 1 unspecified atom stereocenters. The quantitative estimate of drug-likeness (QED) is 0.305. The van der Waals surface area contributed by atoms with Gasteiger partial charge in [-0.2, -0.15) is 0 Å². The van der Waals surface area contributed by atoms with Gasteiger partial charge in [-0.3, -0.25) is 9.59 Å². The summed E-state index contributed by atoms with van der Waals surface area (Å²) in [5, 5.41) is 12.0. The molecule has 0 fully saturated rings. The first-order valence-electron chi connectivity index (χ1n) is 11.9. The van der Waals surface area contributed by atoms with Crippen LogP contribution < -0.4 is 5.32 Å². The zero-order chi connectivity index (χ0) is 25.7. The highest BCUT2D eigenvalue weighted by molar-refractivity contribution is 5.97. The van der Waals surface area contributed by atoms with Crippen molar-refractivity contribution in [2.24, 2.45) is 5.92 Å². The fourth-order valence-electron chi connectivity index (χ4n) is 4.13. The van der Waals surface area contributed by atoms with E-state index in [0.29, 0.717) is 29.4 Å². The Kier molecular flexibility index (Phi) is 7.68. The summed E-state index contributed by atoms with van der Waals surface area (Å²) in [5.74, 6) is -1.41. The van der Waals surface area contributed by atoms with Crippen molar-refractivity contribution in [3.05, 3.63) is 95.4 Å². The van der Waals surface area contributed by atoms with Gasteiger partial charge in [0.05, 0.1) is 28.5 Å². The van der Waals surface area contributed by atoms with Crippen LogP contribution in [0.4, 0.5) is 4.39 Å². The SMILES string of the molecule is CC(CCc1nc2cc(C(=O)N[C@H](C)c3ccc(F)cc3)ccc2nc1-c1ccccc1)CC(=O)O. The molecule has 0 aliphatic heterocycles. The van der Waals surface area contributed by atoms with Gasteiger partial charge in [-0.05, 0) is 61.6 Å². The summed E-state index contributed by atoms with van der Waals surface area (Å²) in [6.45, 7) is 3.75. The average molecular weight is 486 g/mol. The van der Waals surface area contributed by atoms with Crippen LogP contribution in [0.2, 0.25) is 0 Å². The zero-order valence-corrected chi connectivity index (χ0v) is 20.2. The molecule has 2 N–H and O–H groups in total. The van der Waals surface area contributed by atoms with Gasteiger partial charge in [0.15, 0.2) is 0 Å². The van der Waals surface area contributed by atoms with E-state index in [-0.39, 0.29) is 30.1 Å². The molecule has 3 aromatic carbocycles. The van der Waals surface area contributed by atoms with E-state index in [4.69, 9.17) is 15.1 Å². The van der Waals surface area contributed by atoms with Crippen molar-refractivity contribution < 1.29 is 19.1 Å². The second-order valence-electron chi connectivity index (χ2n) is 9.08. The van der Waals surface area contributed by atoms with Crippen molar-refractivity contribution in [2.75, 3.05) is 0 Å². The molecule has 0 saturated heterocycles. The number of carbonyl (C=O) groups is 2. The number of aryl methyl sites for hydroxylation is 1. The lowest BCUT2D eigenvalue weighted by molar-refractivity contribution is -0.138. The van der Waals surface area contributed by atoms with Gasteiger partial charge >= 0.3 is 5.97 Å². The number of carboxylic acid groups (broad SMARTS) is 1. The smallest absolute Gasteiger partial charge is 0.303 e. The third-order valence-electron chi connectivity index (χ3n) is 6.16. The standard InChI is InChI=1S/C29H28FN3O3/c1-18(16-27(34)35)8-14-25-28(21-6-4-3-5-7-21)33-24-15-11-22(17-26(24)32-25)29(36)31-19(2)20-9-12-23(30)13-10-20/h3-7,9-13,15,17-19H,8,14,16H2,1-2H3,(H,31,36)(H,34,35)/t18?,19-/m1/s1. The topological polar surface area (TPSA) is 92.2 Å². The Morgan fingerprint density at radius 1 is 0.944 bits per heavy atom. The lowest BCUT2D eigenvalue weighted by atomic mass is 9.98. The monoisotopic (exact) mass is 485 g/mol. The van der Waals surface area contributed by atoms with Crippen molar-refractivity contribution in [2.45, 2.75) is 39.2 Å². The molecule has 184 valence electrons. The third kappa shape index (κ3) is 6.10. The van der Waals surface area contributed by atoms with E-state index in [2.05, 4.69) is 5.32 Å². The highest BCUT2D eigenvalue weighted by Crippen LogP contribution is 2.26. The maximum absolute atomic E-state index is 13.2. The van der Waals surface area contributed by atoms with Crippen LogP contribution in [0, 0.1) is 11.7 Å². The Morgan fingerprint density at radius 2 is 1.67 bits per heavy atom. The molecule has 1 amide bonds. The molecule has 0 radical (unpaired) electrons. The van der Waals surface area contributed by atoms with E-state index in [0.717, 1.165) is 22.5 Å². The molecule has 7 heteroatoms. The lowest BCUT2D eigenvalue weighted by Crippen LogP contribution is -2.26. The number of hydrogen-bond acceptors (Lipinski definition) is 4. The first-order chi connectivity index (χ1) is 17.3. The van der Waals surface area contributed by atoms with Gasteiger partial charge in [0, 0.05) is 17.5 Å². The number of fused-ring (bicyclic) bond motifs is 1. The first kappa shape index (κ1) is 25.0. The van der Waals surface area contributed by atoms with Crippen molar-refractivity contribution in [1.82, 2.24) is 15.3 Å². The van der Waals surface area contributed by atoms with Crippen LogP contribution in [-0.4, -0.2) is 27.0 Å². The predicted octanol–water partition coefficient (Wildman–Crippen LogP) is 5.97. The number of rotatable bonds is 9. The van der Waals surface area contributed by atoms with Crippen LogP contribution in [0.15, 0.2) is 72.8 Å². The second kappa shape index (κ2) is 11.1. The molecule has 1 heterocycles. The van der Waals surface area contributed by atoms with E-state index in [1.807, 2.05) is 44.2 Å². The summed E-state index contributed by atoms with van der Waals surface area (Å²) < 4.78 is 13.2. The molecule has 36 heavy (non-hydrogen) atoms. The van der Waals surface area contributed by atoms with Crippen molar-refractivity contribution in [3.8, 4) is 11.3 Å².